The highest BCUT2D eigenvalue weighted by molar-refractivity contribution is 5.85. The van der Waals surface area contributed by atoms with Crippen LogP contribution in [0.5, 0.6) is 5.75 Å². The lowest BCUT2D eigenvalue weighted by Crippen LogP contribution is -2.49. The van der Waals surface area contributed by atoms with Gasteiger partial charge in [0.25, 0.3) is 0 Å². The number of aliphatic hydroxyl groups excluding tert-OH is 1. The Hall–Kier alpha value is -2.62. The van der Waals surface area contributed by atoms with Crippen molar-refractivity contribution in [2.24, 2.45) is 11.8 Å². The van der Waals surface area contributed by atoms with Crippen LogP contribution in [0.15, 0.2) is 36.4 Å². The Balaban J connectivity index is 1.46. The average Bonchev–Trinajstić information content (AvgIpc) is 3.22. The van der Waals surface area contributed by atoms with Crippen LogP contribution in [0.2, 0.25) is 0 Å². The number of rotatable bonds is 10. The van der Waals surface area contributed by atoms with Crippen LogP contribution >= 0.6 is 0 Å². The zero-order valence-corrected chi connectivity index (χ0v) is 20.9. The molecule has 0 aliphatic carbocycles. The van der Waals surface area contributed by atoms with E-state index in [1.807, 2.05) is 41.0 Å². The first kappa shape index (κ1) is 26.0. The first-order valence-electron chi connectivity index (χ1n) is 12.9. The van der Waals surface area contributed by atoms with Crippen molar-refractivity contribution in [1.82, 2.24) is 14.8 Å². The van der Waals surface area contributed by atoms with Gasteiger partial charge in [0.15, 0.2) is 0 Å². The highest BCUT2D eigenvalue weighted by Crippen LogP contribution is 2.43. The largest absolute Gasteiger partial charge is 0.492 e. The van der Waals surface area contributed by atoms with Crippen molar-refractivity contribution in [3.8, 4) is 5.75 Å². The number of nitrogens with one attached hydrogen (secondary N) is 1. The number of ether oxygens (including phenoxy) is 1. The van der Waals surface area contributed by atoms with E-state index in [0.717, 1.165) is 16.5 Å². The molecule has 200 valence electrons. The average molecular weight is 520 g/mol. The molecule has 3 atom stereocenters. The molecule has 5 nitrogen and oxygen atoms in total. The van der Waals surface area contributed by atoms with Crippen LogP contribution in [-0.2, 0) is 6.42 Å². The molecule has 2 aliphatic heterocycles. The number of likely N-dealkylation sites (tertiary alicyclic amines) is 1. The highest BCUT2D eigenvalue weighted by atomic mass is 19.1. The molecule has 0 saturated carbocycles. The third-order valence-electron chi connectivity index (χ3n) is 7.72. The van der Waals surface area contributed by atoms with Gasteiger partial charge in [0.1, 0.15) is 24.0 Å². The number of alkyl halides is 2. The summed E-state index contributed by atoms with van der Waals surface area (Å²) in [7, 11) is 0. The Morgan fingerprint density at radius 1 is 1.14 bits per heavy atom. The van der Waals surface area contributed by atoms with Gasteiger partial charge in [-0.25, -0.2) is 8.78 Å². The summed E-state index contributed by atoms with van der Waals surface area (Å²) in [5.74, 6) is -2.00. The van der Waals surface area contributed by atoms with Gasteiger partial charge in [-0.05, 0) is 25.0 Å². The minimum absolute atomic E-state index is 0.0624. The molecule has 3 aromatic rings. The van der Waals surface area contributed by atoms with Crippen LogP contribution in [0, 0.1) is 23.5 Å². The summed E-state index contributed by atoms with van der Waals surface area (Å²) in [6, 6.07) is 9.16. The standard InChI is InChI=1S/C28H33F4N3O2/c1-17-8-22-21-4-2-3-5-25(21)33-27(22)28(35(17)15-19(12-30)16-36)26-23(31)9-20(10-24(26)32)37-7-6-34-13-18(11-29)14-34/h2-5,9-10,17-19,28,33,36H,6-8,11-16H2,1H3/t17-,19?,28-/m1/s1. The number of fused-ring (bicyclic) bond motifs is 3. The number of H-pyrrole nitrogens is 1. The molecule has 2 aromatic carbocycles. The smallest absolute Gasteiger partial charge is 0.135 e. The first-order chi connectivity index (χ1) is 17.9. The Labute approximate surface area is 214 Å². The van der Waals surface area contributed by atoms with E-state index in [4.69, 9.17) is 4.74 Å². The van der Waals surface area contributed by atoms with Crippen LogP contribution in [0.3, 0.4) is 0 Å². The van der Waals surface area contributed by atoms with Crippen molar-refractivity contribution in [3.05, 3.63) is 64.9 Å². The maximum atomic E-state index is 15.7. The van der Waals surface area contributed by atoms with E-state index in [0.29, 0.717) is 31.7 Å². The fraction of sp³-hybridized carbons (Fsp3) is 0.500. The lowest BCUT2D eigenvalue weighted by molar-refractivity contribution is 0.0666. The monoisotopic (exact) mass is 519 g/mol. The highest BCUT2D eigenvalue weighted by Gasteiger charge is 2.39. The van der Waals surface area contributed by atoms with Crippen LogP contribution in [0.4, 0.5) is 17.6 Å². The van der Waals surface area contributed by atoms with Crippen LogP contribution < -0.4 is 4.74 Å². The van der Waals surface area contributed by atoms with Gasteiger partial charge in [0.2, 0.25) is 0 Å². The summed E-state index contributed by atoms with van der Waals surface area (Å²) in [6.07, 6.45) is 0.629. The van der Waals surface area contributed by atoms with Gasteiger partial charge < -0.3 is 14.8 Å². The Kier molecular flexibility index (Phi) is 7.74. The normalized spacial score (nSPS) is 21.7. The summed E-state index contributed by atoms with van der Waals surface area (Å²) < 4.78 is 63.2. The van der Waals surface area contributed by atoms with E-state index in [2.05, 4.69) is 4.98 Å². The predicted octanol–water partition coefficient (Wildman–Crippen LogP) is 4.64. The number of para-hydroxylation sites is 1. The van der Waals surface area contributed by atoms with Crippen LogP contribution in [0.25, 0.3) is 10.9 Å². The Bertz CT molecular complexity index is 1200. The van der Waals surface area contributed by atoms with Gasteiger partial charge in [-0.15, -0.1) is 0 Å². The number of aromatic nitrogens is 1. The fourth-order valence-electron chi connectivity index (χ4n) is 5.71. The number of benzene rings is 2. The topological polar surface area (TPSA) is 51.7 Å². The summed E-state index contributed by atoms with van der Waals surface area (Å²) in [5.41, 5.74) is 2.42. The van der Waals surface area contributed by atoms with E-state index in [1.54, 1.807) is 0 Å². The van der Waals surface area contributed by atoms with Crippen molar-refractivity contribution in [2.45, 2.75) is 25.4 Å². The van der Waals surface area contributed by atoms with Crippen molar-refractivity contribution >= 4 is 10.9 Å². The second kappa shape index (κ2) is 11.0. The summed E-state index contributed by atoms with van der Waals surface area (Å²) in [4.78, 5) is 7.28. The van der Waals surface area contributed by atoms with Crippen molar-refractivity contribution in [1.29, 1.82) is 0 Å². The molecule has 2 aliphatic rings. The van der Waals surface area contributed by atoms with E-state index >= 15 is 8.78 Å². The minimum atomic E-state index is -0.820. The molecule has 3 heterocycles. The predicted molar refractivity (Wildman–Crippen MR) is 134 cm³/mol. The molecule has 9 heteroatoms. The number of hydrogen-bond acceptors (Lipinski definition) is 4. The number of aromatic amines is 1. The number of halogens is 4. The van der Waals surface area contributed by atoms with Crippen LogP contribution in [-0.4, -0.2) is 78.7 Å². The zero-order chi connectivity index (χ0) is 26.1. The summed E-state index contributed by atoms with van der Waals surface area (Å²) in [6.45, 7) is 2.81. The quantitative estimate of drug-likeness (QED) is 0.384. The molecular formula is C28H33F4N3O2. The number of nitrogens with zero attached hydrogens (tertiary/aromatic N) is 2. The molecule has 0 spiro atoms. The molecule has 1 fully saturated rings. The zero-order valence-electron chi connectivity index (χ0n) is 20.9. The van der Waals surface area contributed by atoms with Gasteiger partial charge in [-0.2, -0.15) is 0 Å². The van der Waals surface area contributed by atoms with Gasteiger partial charge in [0.05, 0.1) is 19.4 Å². The van der Waals surface area contributed by atoms with Gasteiger partial charge in [-0.1, -0.05) is 18.2 Å². The molecular weight excluding hydrogens is 486 g/mol. The lowest BCUT2D eigenvalue weighted by atomic mass is 9.87. The maximum Gasteiger partial charge on any atom is 0.135 e. The van der Waals surface area contributed by atoms with Crippen molar-refractivity contribution in [3.63, 3.8) is 0 Å². The summed E-state index contributed by atoms with van der Waals surface area (Å²) >= 11 is 0. The Morgan fingerprint density at radius 3 is 2.54 bits per heavy atom. The molecule has 37 heavy (non-hydrogen) atoms. The second-order valence-corrected chi connectivity index (χ2v) is 10.3. The second-order valence-electron chi connectivity index (χ2n) is 10.3. The van der Waals surface area contributed by atoms with E-state index in [-0.39, 0.29) is 49.7 Å². The van der Waals surface area contributed by atoms with E-state index in [1.165, 1.54) is 12.1 Å². The molecule has 0 amide bonds. The first-order valence-corrected chi connectivity index (χ1v) is 12.9. The summed E-state index contributed by atoms with van der Waals surface area (Å²) in [5, 5.41) is 10.7. The van der Waals surface area contributed by atoms with Gasteiger partial charge >= 0.3 is 0 Å². The third kappa shape index (κ3) is 5.09. The van der Waals surface area contributed by atoms with E-state index in [9.17, 15) is 13.9 Å². The molecule has 1 aromatic heterocycles. The third-order valence-corrected chi connectivity index (χ3v) is 7.72. The van der Waals surface area contributed by atoms with E-state index < -0.39 is 30.3 Å². The SMILES string of the molecule is C[C@@H]1Cc2c([nH]c3ccccc23)[C@@H](c2c(F)cc(OCCN3CC(CF)C3)cc2F)N1CC(CO)CF. The number of hydrogen-bond donors (Lipinski definition) is 2. The molecule has 0 radical (unpaired) electrons. The van der Waals surface area contributed by atoms with Crippen molar-refractivity contribution in [2.75, 3.05) is 52.7 Å². The molecule has 0 bridgehead atoms. The van der Waals surface area contributed by atoms with Gasteiger partial charge in [0, 0.05) is 85.0 Å². The fourth-order valence-corrected chi connectivity index (χ4v) is 5.71. The minimum Gasteiger partial charge on any atom is -0.492 e. The maximum absolute atomic E-state index is 15.7. The molecule has 1 saturated heterocycles. The molecule has 2 N–H and O–H groups in total. The van der Waals surface area contributed by atoms with Gasteiger partial charge in [-0.3, -0.25) is 18.6 Å². The van der Waals surface area contributed by atoms with Crippen molar-refractivity contribution < 1.29 is 27.4 Å². The lowest BCUT2D eigenvalue weighted by Gasteiger charge is -2.42. The molecule has 1 unspecified atom stereocenters. The van der Waals surface area contributed by atoms with Crippen LogP contribution in [0.1, 0.15) is 29.8 Å². The Morgan fingerprint density at radius 2 is 1.86 bits per heavy atom. The molecule has 5 rings (SSSR count). The number of aliphatic hydroxyl groups is 1.